The first kappa shape index (κ1) is 15.4. The Bertz CT molecular complexity index is 893. The SMILES string of the molecule is O=[N+]([O-])c1cc(Br)c([O-])c(/C=N\Nc2nc3ccccc3s2)c1. The van der Waals surface area contributed by atoms with Gasteiger partial charge in [-0.25, -0.2) is 4.98 Å². The van der Waals surface area contributed by atoms with Gasteiger partial charge in [0, 0.05) is 16.6 Å². The standard InChI is InChI=1S/C14H9BrN4O3S/c15-10-6-9(19(21)22)5-8(13(10)20)7-16-18-14-17-11-3-1-2-4-12(11)23-14/h1-7,20H,(H,17,18)/p-1/b16-7-. The summed E-state index contributed by atoms with van der Waals surface area (Å²) in [6.07, 6.45) is 1.24. The molecule has 0 aliphatic carbocycles. The molecule has 2 aromatic carbocycles. The maximum Gasteiger partial charge on any atom is 0.271 e. The van der Waals surface area contributed by atoms with Crippen molar-refractivity contribution in [1.82, 2.24) is 4.98 Å². The largest absolute Gasteiger partial charge is 0.871 e. The lowest BCUT2D eigenvalue weighted by atomic mass is 10.2. The normalized spacial score (nSPS) is 11.2. The zero-order chi connectivity index (χ0) is 16.4. The maximum atomic E-state index is 11.9. The van der Waals surface area contributed by atoms with Gasteiger partial charge in [-0.1, -0.05) is 45.1 Å². The third-order valence-electron chi connectivity index (χ3n) is 2.93. The van der Waals surface area contributed by atoms with Crippen LogP contribution in [0.25, 0.3) is 10.2 Å². The molecule has 116 valence electrons. The van der Waals surface area contributed by atoms with Gasteiger partial charge < -0.3 is 5.11 Å². The van der Waals surface area contributed by atoms with Gasteiger partial charge in [0.05, 0.1) is 21.4 Å². The number of anilines is 1. The van der Waals surface area contributed by atoms with Gasteiger partial charge in [0.25, 0.3) is 5.69 Å². The second-order valence-corrected chi connectivity index (χ2v) is 6.34. The van der Waals surface area contributed by atoms with Gasteiger partial charge in [0.2, 0.25) is 5.13 Å². The third kappa shape index (κ3) is 3.30. The number of aromatic nitrogens is 1. The quantitative estimate of drug-likeness (QED) is 0.416. The second kappa shape index (κ2) is 6.31. The van der Waals surface area contributed by atoms with Crippen LogP contribution in [-0.4, -0.2) is 16.1 Å². The van der Waals surface area contributed by atoms with Crippen LogP contribution in [0.15, 0.2) is 46.0 Å². The van der Waals surface area contributed by atoms with E-state index in [4.69, 9.17) is 0 Å². The molecule has 0 bridgehead atoms. The summed E-state index contributed by atoms with van der Waals surface area (Å²) >= 11 is 4.43. The molecule has 3 aromatic rings. The molecule has 1 heterocycles. The Balaban J connectivity index is 1.83. The minimum atomic E-state index is -0.567. The van der Waals surface area contributed by atoms with Gasteiger partial charge in [-0.3, -0.25) is 15.5 Å². The van der Waals surface area contributed by atoms with Gasteiger partial charge in [0.15, 0.2) is 0 Å². The zero-order valence-electron chi connectivity index (χ0n) is 11.4. The summed E-state index contributed by atoms with van der Waals surface area (Å²) in [7, 11) is 0. The fourth-order valence-electron chi connectivity index (χ4n) is 1.88. The van der Waals surface area contributed by atoms with Crippen molar-refractivity contribution in [2.24, 2.45) is 5.10 Å². The molecular formula is C14H8BrN4O3S-. The van der Waals surface area contributed by atoms with E-state index >= 15 is 0 Å². The van der Waals surface area contributed by atoms with Crippen LogP contribution in [0.3, 0.4) is 0 Å². The van der Waals surface area contributed by atoms with Crippen molar-refractivity contribution in [3.63, 3.8) is 0 Å². The first-order valence-corrected chi connectivity index (χ1v) is 7.95. The molecule has 0 aliphatic heterocycles. The van der Waals surface area contributed by atoms with E-state index in [1.54, 1.807) is 0 Å². The van der Waals surface area contributed by atoms with E-state index in [2.05, 4.69) is 31.4 Å². The minimum Gasteiger partial charge on any atom is -0.871 e. The topological polar surface area (TPSA) is 103 Å². The van der Waals surface area contributed by atoms with E-state index in [0.717, 1.165) is 10.2 Å². The van der Waals surface area contributed by atoms with Crippen LogP contribution < -0.4 is 10.5 Å². The van der Waals surface area contributed by atoms with Gasteiger partial charge in [-0.2, -0.15) is 5.10 Å². The molecule has 9 heteroatoms. The highest BCUT2D eigenvalue weighted by atomic mass is 79.9. The number of nitro groups is 1. The lowest BCUT2D eigenvalue weighted by molar-refractivity contribution is -0.385. The lowest BCUT2D eigenvalue weighted by Crippen LogP contribution is -2.01. The predicted molar refractivity (Wildman–Crippen MR) is 91.1 cm³/mol. The van der Waals surface area contributed by atoms with Crippen LogP contribution in [0.4, 0.5) is 10.8 Å². The second-order valence-electron chi connectivity index (χ2n) is 4.46. The summed E-state index contributed by atoms with van der Waals surface area (Å²) in [5.41, 5.74) is 3.50. The molecule has 0 unspecified atom stereocenters. The third-order valence-corrected chi connectivity index (χ3v) is 4.46. The van der Waals surface area contributed by atoms with Crippen LogP contribution >= 0.6 is 27.3 Å². The van der Waals surface area contributed by atoms with E-state index in [1.807, 2.05) is 24.3 Å². The molecule has 0 aliphatic rings. The molecule has 0 radical (unpaired) electrons. The summed E-state index contributed by atoms with van der Waals surface area (Å²) in [6, 6.07) is 9.97. The Morgan fingerprint density at radius 1 is 1.35 bits per heavy atom. The molecule has 23 heavy (non-hydrogen) atoms. The number of thiazole rings is 1. The predicted octanol–water partition coefficient (Wildman–Crippen LogP) is 3.49. The van der Waals surface area contributed by atoms with Crippen molar-refractivity contribution in [3.05, 3.63) is 56.5 Å². The highest BCUT2D eigenvalue weighted by Crippen LogP contribution is 2.30. The molecule has 0 saturated heterocycles. The summed E-state index contributed by atoms with van der Waals surface area (Å²) < 4.78 is 1.13. The van der Waals surface area contributed by atoms with Gasteiger partial charge in [-0.05, 0) is 17.7 Å². The number of halogens is 1. The number of hydrogen-bond donors (Lipinski definition) is 1. The highest BCUT2D eigenvalue weighted by molar-refractivity contribution is 9.10. The average molecular weight is 392 g/mol. The highest BCUT2D eigenvalue weighted by Gasteiger charge is 2.09. The first-order valence-electron chi connectivity index (χ1n) is 6.34. The fraction of sp³-hybridized carbons (Fsp3) is 0. The van der Waals surface area contributed by atoms with Crippen molar-refractivity contribution in [3.8, 4) is 5.75 Å². The van der Waals surface area contributed by atoms with Crippen LogP contribution in [0.2, 0.25) is 0 Å². The van der Waals surface area contributed by atoms with Crippen molar-refractivity contribution >= 4 is 54.5 Å². The number of non-ortho nitro benzene ring substituents is 1. The van der Waals surface area contributed by atoms with Crippen molar-refractivity contribution in [2.45, 2.75) is 0 Å². The van der Waals surface area contributed by atoms with Crippen molar-refractivity contribution < 1.29 is 10.0 Å². The van der Waals surface area contributed by atoms with Crippen molar-refractivity contribution in [2.75, 3.05) is 5.43 Å². The summed E-state index contributed by atoms with van der Waals surface area (Å²) in [6.45, 7) is 0. The summed E-state index contributed by atoms with van der Waals surface area (Å²) in [4.78, 5) is 14.6. The Labute approximate surface area is 142 Å². The number of para-hydroxylation sites is 1. The van der Waals surface area contributed by atoms with Crippen molar-refractivity contribution in [1.29, 1.82) is 0 Å². The number of hydrazone groups is 1. The van der Waals surface area contributed by atoms with Crippen LogP contribution in [0, 0.1) is 10.1 Å². The lowest BCUT2D eigenvalue weighted by Gasteiger charge is -2.11. The molecule has 7 nitrogen and oxygen atoms in total. The van der Waals surface area contributed by atoms with Gasteiger partial charge >= 0.3 is 0 Å². The Hall–Kier alpha value is -2.52. The maximum absolute atomic E-state index is 11.9. The van der Waals surface area contributed by atoms with Crippen LogP contribution in [0.5, 0.6) is 5.75 Å². The Morgan fingerprint density at radius 2 is 2.13 bits per heavy atom. The minimum absolute atomic E-state index is 0.111. The number of nitrogens with zero attached hydrogens (tertiary/aromatic N) is 3. The van der Waals surface area contributed by atoms with E-state index in [0.29, 0.717) is 5.13 Å². The van der Waals surface area contributed by atoms with E-state index in [-0.39, 0.29) is 21.5 Å². The monoisotopic (exact) mass is 391 g/mol. The number of nitrogens with one attached hydrogen (secondary N) is 1. The molecular weight excluding hydrogens is 384 g/mol. The van der Waals surface area contributed by atoms with E-state index in [9.17, 15) is 15.2 Å². The first-order chi connectivity index (χ1) is 11.0. The van der Waals surface area contributed by atoms with Gasteiger partial charge in [-0.15, -0.1) is 0 Å². The zero-order valence-corrected chi connectivity index (χ0v) is 13.8. The van der Waals surface area contributed by atoms with Crippen LogP contribution in [0.1, 0.15) is 5.56 Å². The number of nitro benzene ring substituents is 1. The molecule has 0 atom stereocenters. The fourth-order valence-corrected chi connectivity index (χ4v) is 3.16. The van der Waals surface area contributed by atoms with Gasteiger partial charge in [0.1, 0.15) is 0 Å². The average Bonchev–Trinajstić information content (AvgIpc) is 2.93. The summed E-state index contributed by atoms with van der Waals surface area (Å²) in [5, 5.41) is 27.3. The number of fused-ring (bicyclic) bond motifs is 1. The molecule has 0 spiro atoms. The van der Waals surface area contributed by atoms with E-state index < -0.39 is 4.92 Å². The number of benzene rings is 2. The molecule has 0 amide bonds. The Kier molecular flexibility index (Phi) is 4.22. The molecule has 1 N–H and O–H groups in total. The molecule has 3 rings (SSSR count). The number of hydrogen-bond acceptors (Lipinski definition) is 7. The molecule has 0 fully saturated rings. The van der Waals surface area contributed by atoms with Crippen LogP contribution in [-0.2, 0) is 0 Å². The Morgan fingerprint density at radius 3 is 2.87 bits per heavy atom. The molecule has 0 saturated carbocycles. The van der Waals surface area contributed by atoms with E-state index in [1.165, 1.54) is 29.7 Å². The summed E-state index contributed by atoms with van der Waals surface area (Å²) in [5.74, 6) is -0.370. The molecule has 1 aromatic heterocycles. The number of rotatable bonds is 4. The smallest absolute Gasteiger partial charge is 0.271 e.